The van der Waals surface area contributed by atoms with Gasteiger partial charge in [0, 0.05) is 31.1 Å². The molecule has 0 N–H and O–H groups in total. The van der Waals surface area contributed by atoms with Crippen LogP contribution in [0.1, 0.15) is 35.7 Å². The zero-order valence-electron chi connectivity index (χ0n) is 19.2. The van der Waals surface area contributed by atoms with Gasteiger partial charge in [-0.2, -0.15) is 0 Å². The van der Waals surface area contributed by atoms with Crippen molar-refractivity contribution >= 4 is 22.6 Å². The fraction of sp³-hybridized carbons (Fsp3) is 0.286. The van der Waals surface area contributed by atoms with Crippen LogP contribution in [0.5, 0.6) is 5.75 Å². The molecule has 2 heterocycles. The number of ether oxygens (including phenoxy) is 1. The summed E-state index contributed by atoms with van der Waals surface area (Å²) in [6, 6.07) is 24.5. The van der Waals surface area contributed by atoms with Crippen LogP contribution >= 0.6 is 0 Å². The molecule has 1 amide bonds. The number of para-hydroxylation sites is 3. The first kappa shape index (κ1) is 21.3. The first-order valence-corrected chi connectivity index (χ1v) is 11.6. The molecule has 1 aliphatic rings. The second-order valence-corrected chi connectivity index (χ2v) is 8.82. The van der Waals surface area contributed by atoms with E-state index in [1.54, 1.807) is 0 Å². The lowest BCUT2D eigenvalue weighted by Gasteiger charge is -2.19. The van der Waals surface area contributed by atoms with Crippen molar-refractivity contribution in [2.45, 2.75) is 39.2 Å². The molecular weight excluding hydrogens is 410 g/mol. The molecule has 0 radical (unpaired) electrons. The van der Waals surface area contributed by atoms with Gasteiger partial charge in [0.25, 0.3) is 0 Å². The van der Waals surface area contributed by atoms with E-state index in [-0.39, 0.29) is 11.8 Å². The number of aromatic nitrogens is 2. The molecule has 1 unspecified atom stereocenters. The number of carbonyl (C=O) groups excluding carboxylic acids is 1. The molecule has 1 aromatic heterocycles. The highest BCUT2D eigenvalue weighted by Crippen LogP contribution is 2.34. The van der Waals surface area contributed by atoms with E-state index in [2.05, 4.69) is 42.7 Å². The van der Waals surface area contributed by atoms with Crippen LogP contribution in [0.3, 0.4) is 0 Å². The lowest BCUT2D eigenvalue weighted by Crippen LogP contribution is -2.25. The summed E-state index contributed by atoms with van der Waals surface area (Å²) in [6.45, 7) is 6.22. The van der Waals surface area contributed by atoms with E-state index < -0.39 is 0 Å². The van der Waals surface area contributed by atoms with E-state index in [0.717, 1.165) is 46.8 Å². The Morgan fingerprint density at radius 1 is 0.970 bits per heavy atom. The van der Waals surface area contributed by atoms with Crippen LogP contribution in [0.15, 0.2) is 72.8 Å². The Hall–Kier alpha value is -3.60. The largest absolute Gasteiger partial charge is 0.494 e. The van der Waals surface area contributed by atoms with Crippen LogP contribution in [0, 0.1) is 13.8 Å². The average Bonchev–Trinajstić information content (AvgIpc) is 3.39. The molecular formula is C28H29N3O2. The quantitative estimate of drug-likeness (QED) is 0.350. The summed E-state index contributed by atoms with van der Waals surface area (Å²) >= 11 is 0. The molecule has 0 aliphatic carbocycles. The fourth-order valence-corrected chi connectivity index (χ4v) is 4.67. The van der Waals surface area contributed by atoms with Crippen molar-refractivity contribution in [3.8, 4) is 5.75 Å². The fourth-order valence-electron chi connectivity index (χ4n) is 4.67. The first-order valence-electron chi connectivity index (χ1n) is 11.6. The minimum atomic E-state index is 0.0718. The van der Waals surface area contributed by atoms with E-state index in [1.165, 1.54) is 5.56 Å². The molecule has 4 aromatic rings. The number of carbonyl (C=O) groups is 1. The summed E-state index contributed by atoms with van der Waals surface area (Å²) in [6.07, 6.45) is 1.35. The van der Waals surface area contributed by atoms with Crippen LogP contribution in [-0.4, -0.2) is 28.6 Å². The molecule has 33 heavy (non-hydrogen) atoms. The van der Waals surface area contributed by atoms with Gasteiger partial charge >= 0.3 is 0 Å². The van der Waals surface area contributed by atoms with Gasteiger partial charge in [-0.1, -0.05) is 48.0 Å². The van der Waals surface area contributed by atoms with Crippen molar-refractivity contribution in [3.05, 3.63) is 89.7 Å². The Labute approximate surface area is 194 Å². The van der Waals surface area contributed by atoms with Gasteiger partial charge in [-0.15, -0.1) is 0 Å². The van der Waals surface area contributed by atoms with Crippen LogP contribution in [-0.2, 0) is 11.3 Å². The lowest BCUT2D eigenvalue weighted by molar-refractivity contribution is -0.117. The van der Waals surface area contributed by atoms with Gasteiger partial charge in [-0.25, -0.2) is 4.98 Å². The normalized spacial score (nSPS) is 16.0. The zero-order valence-corrected chi connectivity index (χ0v) is 19.2. The zero-order chi connectivity index (χ0) is 22.8. The molecule has 1 aliphatic heterocycles. The van der Waals surface area contributed by atoms with Gasteiger partial charge in [0.2, 0.25) is 5.91 Å². The summed E-state index contributed by atoms with van der Waals surface area (Å²) < 4.78 is 8.23. The third-order valence-corrected chi connectivity index (χ3v) is 6.40. The molecule has 3 aromatic carbocycles. The topological polar surface area (TPSA) is 47.4 Å². The van der Waals surface area contributed by atoms with Crippen LogP contribution in [0.4, 0.5) is 5.69 Å². The summed E-state index contributed by atoms with van der Waals surface area (Å²) in [5, 5.41) is 0. The van der Waals surface area contributed by atoms with Crippen molar-refractivity contribution in [3.63, 3.8) is 0 Å². The maximum absolute atomic E-state index is 12.9. The highest BCUT2D eigenvalue weighted by molar-refractivity contribution is 5.97. The number of anilines is 1. The second-order valence-electron chi connectivity index (χ2n) is 8.82. The van der Waals surface area contributed by atoms with E-state index in [9.17, 15) is 4.79 Å². The minimum Gasteiger partial charge on any atom is -0.494 e. The van der Waals surface area contributed by atoms with Gasteiger partial charge in [0.05, 0.1) is 17.6 Å². The van der Waals surface area contributed by atoms with Gasteiger partial charge in [0.1, 0.15) is 11.6 Å². The Morgan fingerprint density at radius 2 is 1.73 bits per heavy atom. The standard InChI is InChI=1S/C28H29N3O2/c1-20-12-14-23(15-13-20)33-17-7-16-30-26-11-6-4-9-24(26)29-28(30)22-18-27(32)31(19-22)25-10-5-3-8-21(25)2/h3-6,8-15,22H,7,16-19H2,1-2H3. The third-order valence-electron chi connectivity index (χ3n) is 6.40. The molecule has 0 saturated carbocycles. The number of hydrogen-bond acceptors (Lipinski definition) is 3. The van der Waals surface area contributed by atoms with Crippen LogP contribution in [0.2, 0.25) is 0 Å². The number of aryl methyl sites for hydroxylation is 3. The Kier molecular flexibility index (Phi) is 5.86. The van der Waals surface area contributed by atoms with Crippen molar-refractivity contribution in [1.82, 2.24) is 9.55 Å². The SMILES string of the molecule is Cc1ccc(OCCCn2c(C3CC(=O)N(c4ccccc4C)C3)nc3ccccc32)cc1. The molecule has 0 spiro atoms. The van der Waals surface area contributed by atoms with Crippen LogP contribution < -0.4 is 9.64 Å². The Bertz CT molecular complexity index is 1280. The van der Waals surface area contributed by atoms with E-state index in [1.807, 2.05) is 53.4 Å². The molecule has 5 nitrogen and oxygen atoms in total. The highest BCUT2D eigenvalue weighted by atomic mass is 16.5. The third kappa shape index (κ3) is 4.36. The molecule has 5 rings (SSSR count). The summed E-state index contributed by atoms with van der Waals surface area (Å²) in [4.78, 5) is 19.8. The molecule has 5 heteroatoms. The summed E-state index contributed by atoms with van der Waals surface area (Å²) in [5.74, 6) is 2.13. The number of nitrogens with zero attached hydrogens (tertiary/aromatic N) is 3. The minimum absolute atomic E-state index is 0.0718. The first-order chi connectivity index (χ1) is 16.1. The van der Waals surface area contributed by atoms with Gasteiger partial charge in [0.15, 0.2) is 0 Å². The number of benzene rings is 3. The van der Waals surface area contributed by atoms with E-state index in [4.69, 9.17) is 9.72 Å². The molecule has 1 fully saturated rings. The average molecular weight is 440 g/mol. The van der Waals surface area contributed by atoms with Crippen LogP contribution in [0.25, 0.3) is 11.0 Å². The maximum Gasteiger partial charge on any atom is 0.227 e. The van der Waals surface area contributed by atoms with Gasteiger partial charge < -0.3 is 14.2 Å². The maximum atomic E-state index is 12.9. The number of amides is 1. The van der Waals surface area contributed by atoms with E-state index >= 15 is 0 Å². The predicted octanol–water partition coefficient (Wildman–Crippen LogP) is 5.64. The lowest BCUT2D eigenvalue weighted by atomic mass is 10.1. The van der Waals surface area contributed by atoms with Gasteiger partial charge in [-0.05, 0) is 56.2 Å². The number of rotatable bonds is 7. The van der Waals surface area contributed by atoms with Crippen molar-refractivity contribution < 1.29 is 9.53 Å². The second kappa shape index (κ2) is 9.10. The number of imidazole rings is 1. The number of fused-ring (bicyclic) bond motifs is 1. The molecule has 1 atom stereocenters. The Morgan fingerprint density at radius 3 is 2.55 bits per heavy atom. The van der Waals surface area contributed by atoms with Gasteiger partial charge in [-0.3, -0.25) is 4.79 Å². The smallest absolute Gasteiger partial charge is 0.227 e. The van der Waals surface area contributed by atoms with Crippen molar-refractivity contribution in [1.29, 1.82) is 0 Å². The van der Waals surface area contributed by atoms with E-state index in [0.29, 0.717) is 19.6 Å². The highest BCUT2D eigenvalue weighted by Gasteiger charge is 2.35. The number of hydrogen-bond donors (Lipinski definition) is 0. The molecule has 1 saturated heterocycles. The van der Waals surface area contributed by atoms with Crippen molar-refractivity contribution in [2.24, 2.45) is 0 Å². The summed E-state index contributed by atoms with van der Waals surface area (Å²) in [7, 11) is 0. The molecule has 168 valence electrons. The summed E-state index contributed by atoms with van der Waals surface area (Å²) in [5.41, 5.74) is 5.44. The monoisotopic (exact) mass is 439 g/mol. The van der Waals surface area contributed by atoms with Crippen molar-refractivity contribution in [2.75, 3.05) is 18.1 Å². The Balaban J connectivity index is 1.35. The molecule has 0 bridgehead atoms. The predicted molar refractivity (Wildman–Crippen MR) is 132 cm³/mol.